The number of nitrogen functional groups attached to an aromatic ring is 1. The van der Waals surface area contributed by atoms with Crippen LogP contribution in [-0.2, 0) is 29.3 Å². The number of hydrogen-bond donors (Lipinski definition) is 16. The number of aromatic nitrogens is 2. The summed E-state index contributed by atoms with van der Waals surface area (Å²) in [6, 6.07) is 32.5. The summed E-state index contributed by atoms with van der Waals surface area (Å²) >= 11 is 0. The van der Waals surface area contributed by atoms with Gasteiger partial charge in [0.1, 0.15) is 35.4 Å². The second-order valence-corrected chi connectivity index (χ2v) is 28.9. The molecule has 17 N–H and O–H groups in total. The molecule has 0 aliphatic carbocycles. The minimum absolute atomic E-state index is 0.00340. The van der Waals surface area contributed by atoms with Crippen molar-refractivity contribution >= 4 is 70.8 Å². The van der Waals surface area contributed by atoms with Crippen LogP contribution in [0.5, 0.6) is 29.0 Å². The van der Waals surface area contributed by atoms with Gasteiger partial charge in [-0.2, -0.15) is 4.98 Å². The van der Waals surface area contributed by atoms with Crippen molar-refractivity contribution in [1.82, 2.24) is 88.1 Å². The summed E-state index contributed by atoms with van der Waals surface area (Å²) in [5.74, 6) is -8.00. The third-order valence-corrected chi connectivity index (χ3v) is 20.4. The van der Waals surface area contributed by atoms with E-state index in [1.165, 1.54) is 79.0 Å². The van der Waals surface area contributed by atoms with Crippen molar-refractivity contribution in [3.63, 3.8) is 0 Å². The minimum Gasteiger partial charge on any atom is -0.506 e. The first-order valence-corrected chi connectivity index (χ1v) is 39.8. The van der Waals surface area contributed by atoms with Crippen molar-refractivity contribution in [2.45, 2.75) is 83.5 Å². The number of amides is 11. The summed E-state index contributed by atoms with van der Waals surface area (Å²) in [7, 11) is 0. The average Bonchev–Trinajstić information content (AvgIpc) is 0.838. The molecular formula is C84H104N18O16. The van der Waals surface area contributed by atoms with E-state index < -0.39 is 76.3 Å². The van der Waals surface area contributed by atoms with Crippen LogP contribution in [0.25, 0.3) is 0 Å². The fourth-order valence-electron chi connectivity index (χ4n) is 13.7. The number of anilines is 1. The van der Waals surface area contributed by atoms with Crippen molar-refractivity contribution in [3.05, 3.63) is 200 Å². The number of carbonyl (C=O) groups is 11. The summed E-state index contributed by atoms with van der Waals surface area (Å²) < 4.78 is 5.61. The number of nitrogens with zero attached hydrogens (tertiary/aromatic N) is 6. The molecule has 1 aromatic heterocycles. The van der Waals surface area contributed by atoms with Gasteiger partial charge in [-0.15, -0.1) is 0 Å². The van der Waals surface area contributed by atoms with E-state index in [-0.39, 0.29) is 219 Å². The number of nitrogens with one attached hydrogen (secondary N) is 11. The third kappa shape index (κ3) is 26.6. The molecule has 5 heterocycles. The van der Waals surface area contributed by atoms with Gasteiger partial charge in [0.15, 0.2) is 0 Å². The van der Waals surface area contributed by atoms with Gasteiger partial charge in [0, 0.05) is 175 Å². The van der Waals surface area contributed by atoms with Crippen molar-refractivity contribution in [3.8, 4) is 29.0 Å². The standard InChI is InChI=1S/C84H104N18O16/c85-68-30-32-94-84(98-68)118-54-57-24-22-55(23-25-57)52-96-75(109)58-28-26-56(27-29-58)51-95-70(104)21-4-2-1-3-20-69(103)86-31-6-5-11-59-53-102-46-39-93-81(115)65-17-9-16-64(73(65)107)78(112)89-35-42-100(43-36-92-82(116)66-18-10-19-67(74(66)108)83(117)97-59)48-47-99-40-33-87-76(110)60-12-7-14-62(71(60)105)79(113)90-37-44-101(49-50-102)45-38-91-80(114)63-15-8-13-61(72(63)106)77(111)88-34-41-99/h7-10,12-19,22-30,32,59,105-108H,1-6,11,20-21,31,33-54H2,(H,86,103)(H,87,110)(H,88,111)(H,89,112)(H,90,113)(H,91,114)(H,92,116)(H,93,115)(H,95,104)(H,96,109)(H,97,117)(H2,85,94,98). The predicted octanol–water partition coefficient (Wildman–Crippen LogP) is 2.89. The predicted molar refractivity (Wildman–Crippen MR) is 437 cm³/mol. The van der Waals surface area contributed by atoms with Crippen molar-refractivity contribution in [1.29, 1.82) is 0 Å². The number of benzene rings is 6. The number of carbonyl (C=O) groups excluding carboxylic acids is 11. The van der Waals surface area contributed by atoms with E-state index in [0.29, 0.717) is 69.3 Å². The summed E-state index contributed by atoms with van der Waals surface area (Å²) in [6.45, 7) is 2.74. The van der Waals surface area contributed by atoms with E-state index in [4.69, 9.17) is 10.5 Å². The Morgan fingerprint density at radius 2 is 0.746 bits per heavy atom. The van der Waals surface area contributed by atoms with Crippen LogP contribution in [0.4, 0.5) is 5.82 Å². The molecule has 11 amide bonds. The zero-order valence-corrected chi connectivity index (χ0v) is 65.9. The largest absolute Gasteiger partial charge is 0.506 e. The molecule has 34 heteroatoms. The quantitative estimate of drug-likeness (QED) is 0.0488. The van der Waals surface area contributed by atoms with Crippen molar-refractivity contribution < 1.29 is 77.9 Å². The first-order chi connectivity index (χ1) is 57.1. The molecule has 34 nitrogen and oxygen atoms in total. The van der Waals surface area contributed by atoms with Crippen LogP contribution in [0.3, 0.4) is 0 Å². The van der Waals surface area contributed by atoms with Gasteiger partial charge in [0.25, 0.3) is 53.2 Å². The fraction of sp³-hybridized carbons (Fsp3) is 0.393. The number of fused-ring (bicyclic) bond motifs is 16. The monoisotopic (exact) mass is 1620 g/mol. The highest BCUT2D eigenvalue weighted by molar-refractivity contribution is 6.07. The summed E-state index contributed by atoms with van der Waals surface area (Å²) in [5.41, 5.74) is 7.37. The Bertz CT molecular complexity index is 4580. The topological polar surface area (TPSA) is 475 Å². The fourth-order valence-corrected chi connectivity index (χ4v) is 13.7. The first kappa shape index (κ1) is 87.6. The van der Waals surface area contributed by atoms with Gasteiger partial charge >= 0.3 is 6.01 Å². The van der Waals surface area contributed by atoms with Gasteiger partial charge in [0.05, 0.1) is 44.5 Å². The number of hydrogen-bond acceptors (Lipinski definition) is 23. The highest BCUT2D eigenvalue weighted by Gasteiger charge is 2.28. The molecule has 0 spiro atoms. The Morgan fingerprint density at radius 1 is 0.398 bits per heavy atom. The number of phenolic OH excluding ortho intramolecular Hbond substituents is 4. The zero-order valence-electron chi connectivity index (χ0n) is 65.9. The van der Waals surface area contributed by atoms with Crippen LogP contribution in [0.2, 0.25) is 0 Å². The Hall–Kier alpha value is -12.8. The molecule has 11 rings (SSSR count). The van der Waals surface area contributed by atoms with E-state index in [2.05, 4.69) is 68.5 Å². The molecule has 0 radical (unpaired) electrons. The number of ether oxygens (including phenoxy) is 1. The van der Waals surface area contributed by atoms with Crippen LogP contribution in [0, 0.1) is 0 Å². The van der Waals surface area contributed by atoms with Gasteiger partial charge in [-0.25, -0.2) is 4.98 Å². The SMILES string of the molecule is Nc1ccnc(OCc2ccc(CNC(=O)c3ccc(CNC(=O)CCCCCCC(=O)NCCCCC4CN5CCNC(=O)c6cccc(c6O)C(=O)NCCN(CCNC(=O)c6cccc(c6O)C(=O)N4)CCN4CCNC(=O)c6cccc(c6O)C(=O)NCCN(CCNC(=O)c6cccc(c6O)C(=O)NCC4)CC5)cc3)cc2)n1. The molecule has 12 bridgehead atoms. The number of unbranched alkanes of at least 4 members (excludes halogenated alkanes) is 4. The molecule has 3 atom stereocenters. The maximum atomic E-state index is 14.7. The van der Waals surface area contributed by atoms with E-state index in [1.54, 1.807) is 30.3 Å². The van der Waals surface area contributed by atoms with Gasteiger partial charge in [0.2, 0.25) is 11.8 Å². The summed E-state index contributed by atoms with van der Waals surface area (Å²) in [5, 5.41) is 78.2. The van der Waals surface area contributed by atoms with E-state index in [9.17, 15) is 73.2 Å². The Labute approximate surface area is 683 Å². The van der Waals surface area contributed by atoms with Gasteiger partial charge in [-0.05, 0) is 116 Å². The number of aromatic hydroxyl groups is 4. The number of phenols is 4. The summed E-state index contributed by atoms with van der Waals surface area (Å²) in [4.78, 5) is 167. The van der Waals surface area contributed by atoms with Crippen LogP contribution < -0.4 is 69.0 Å². The smallest absolute Gasteiger partial charge is 0.318 e. The molecule has 0 saturated heterocycles. The highest BCUT2D eigenvalue weighted by Crippen LogP contribution is 2.27. The second-order valence-electron chi connectivity index (χ2n) is 28.9. The van der Waals surface area contributed by atoms with Gasteiger partial charge < -0.3 is 89.4 Å². The van der Waals surface area contributed by atoms with Gasteiger partial charge in [-0.1, -0.05) is 73.5 Å². The maximum Gasteiger partial charge on any atom is 0.318 e. The molecule has 118 heavy (non-hydrogen) atoms. The van der Waals surface area contributed by atoms with E-state index in [0.717, 1.165) is 16.7 Å². The molecule has 6 aromatic carbocycles. The Kier molecular flexibility index (Phi) is 33.3. The summed E-state index contributed by atoms with van der Waals surface area (Å²) in [6.07, 6.45) is 5.89. The van der Waals surface area contributed by atoms with E-state index in [1.807, 2.05) is 43.9 Å². The molecule has 0 fully saturated rings. The molecule has 4 aliphatic heterocycles. The van der Waals surface area contributed by atoms with E-state index >= 15 is 0 Å². The third-order valence-electron chi connectivity index (χ3n) is 20.4. The number of nitrogens with two attached hydrogens (primary N) is 1. The van der Waals surface area contributed by atoms with Crippen LogP contribution >= 0.6 is 0 Å². The molecule has 3 unspecified atom stereocenters. The molecular weight excluding hydrogens is 1520 g/mol. The normalized spacial score (nSPS) is 18.7. The van der Waals surface area contributed by atoms with Crippen LogP contribution in [-0.4, -0.2) is 252 Å². The van der Waals surface area contributed by atoms with Crippen LogP contribution in [0.15, 0.2) is 134 Å². The molecule has 626 valence electrons. The number of para-hydroxylation sites is 4. The molecule has 7 aromatic rings. The lowest BCUT2D eigenvalue weighted by molar-refractivity contribution is -0.122. The lowest BCUT2D eigenvalue weighted by Gasteiger charge is -2.31. The molecule has 0 saturated carbocycles. The average molecular weight is 1620 g/mol. The molecule has 4 aliphatic rings. The Morgan fingerprint density at radius 3 is 1.14 bits per heavy atom. The van der Waals surface area contributed by atoms with Crippen LogP contribution in [0.1, 0.15) is 168 Å². The first-order valence-electron chi connectivity index (χ1n) is 39.8. The van der Waals surface area contributed by atoms with Crippen molar-refractivity contribution in [2.75, 3.05) is 137 Å². The maximum absolute atomic E-state index is 14.7. The Balaban J connectivity index is 0.800. The minimum atomic E-state index is -0.728. The van der Waals surface area contributed by atoms with Crippen molar-refractivity contribution in [2.24, 2.45) is 0 Å². The zero-order chi connectivity index (χ0) is 83.7. The number of rotatable bonds is 20. The lowest BCUT2D eigenvalue weighted by atomic mass is 10.0. The highest BCUT2D eigenvalue weighted by atomic mass is 16.5. The second kappa shape index (κ2) is 44.9. The lowest BCUT2D eigenvalue weighted by Crippen LogP contribution is -2.49. The van der Waals surface area contributed by atoms with Gasteiger partial charge in [-0.3, -0.25) is 72.3 Å².